The number of halogens is 1. The summed E-state index contributed by atoms with van der Waals surface area (Å²) in [5.41, 5.74) is 4.72. The first-order valence-corrected chi connectivity index (χ1v) is 10.7. The Bertz CT molecular complexity index is 1210. The van der Waals surface area contributed by atoms with Crippen LogP contribution in [0.1, 0.15) is 29.0 Å². The SMILES string of the molecule is Cc1ccc(NC(=O)C(CC(=O)O)NC(=O)OCC2c3ccccc3-c3ccccc32)c(F)c1. The quantitative estimate of drug-likeness (QED) is 0.481. The number of ether oxygens (including phenoxy) is 1. The maximum atomic E-state index is 14.1. The summed E-state index contributed by atoms with van der Waals surface area (Å²) < 4.78 is 19.5. The third-order valence-electron chi connectivity index (χ3n) is 5.71. The molecule has 7 nitrogen and oxygen atoms in total. The summed E-state index contributed by atoms with van der Waals surface area (Å²) in [4.78, 5) is 36.4. The van der Waals surface area contributed by atoms with Gasteiger partial charge < -0.3 is 20.5 Å². The molecular formula is C26H23FN2O5. The summed E-state index contributed by atoms with van der Waals surface area (Å²) in [7, 11) is 0. The lowest BCUT2D eigenvalue weighted by Gasteiger charge is -2.19. The van der Waals surface area contributed by atoms with E-state index in [1.54, 1.807) is 13.0 Å². The number of fused-ring (bicyclic) bond motifs is 3. The van der Waals surface area contributed by atoms with Crippen LogP contribution in [-0.4, -0.2) is 35.7 Å². The molecule has 0 saturated heterocycles. The zero-order chi connectivity index (χ0) is 24.2. The number of anilines is 1. The first kappa shape index (κ1) is 23.0. The Hall–Kier alpha value is -4.20. The molecule has 8 heteroatoms. The van der Waals surface area contributed by atoms with Crippen LogP contribution in [0.4, 0.5) is 14.9 Å². The van der Waals surface area contributed by atoms with E-state index in [1.807, 2.05) is 48.5 Å². The molecule has 0 aliphatic heterocycles. The molecule has 0 radical (unpaired) electrons. The predicted octanol–water partition coefficient (Wildman–Crippen LogP) is 4.45. The van der Waals surface area contributed by atoms with Gasteiger partial charge in [-0.3, -0.25) is 9.59 Å². The van der Waals surface area contributed by atoms with Gasteiger partial charge in [-0.25, -0.2) is 9.18 Å². The smallest absolute Gasteiger partial charge is 0.407 e. The zero-order valence-corrected chi connectivity index (χ0v) is 18.4. The van der Waals surface area contributed by atoms with Crippen molar-refractivity contribution in [3.8, 4) is 11.1 Å². The van der Waals surface area contributed by atoms with Crippen molar-refractivity contribution in [2.24, 2.45) is 0 Å². The third kappa shape index (κ3) is 4.91. The maximum absolute atomic E-state index is 14.1. The topological polar surface area (TPSA) is 105 Å². The van der Waals surface area contributed by atoms with E-state index in [-0.39, 0.29) is 18.2 Å². The standard InChI is InChI=1S/C26H23FN2O5/c1-15-10-11-22(21(27)12-15)28-25(32)23(13-24(30)31)29-26(33)34-14-20-18-8-4-2-6-16(18)17-7-3-5-9-19(17)20/h2-12,20,23H,13-14H2,1H3,(H,28,32)(H,29,33)(H,30,31). The Kier molecular flexibility index (Phi) is 6.58. The van der Waals surface area contributed by atoms with E-state index < -0.39 is 36.2 Å². The summed E-state index contributed by atoms with van der Waals surface area (Å²) in [5, 5.41) is 13.8. The molecule has 4 rings (SSSR count). The molecule has 0 aromatic heterocycles. The summed E-state index contributed by atoms with van der Waals surface area (Å²) in [6.45, 7) is 1.70. The molecule has 1 aliphatic rings. The highest BCUT2D eigenvalue weighted by molar-refractivity contribution is 5.98. The van der Waals surface area contributed by atoms with Crippen LogP contribution in [-0.2, 0) is 14.3 Å². The van der Waals surface area contributed by atoms with Crippen molar-refractivity contribution in [3.05, 3.63) is 89.2 Å². The average Bonchev–Trinajstić information content (AvgIpc) is 3.12. The second kappa shape index (κ2) is 9.74. The number of aryl methyl sites for hydroxylation is 1. The van der Waals surface area contributed by atoms with Crippen molar-refractivity contribution in [2.75, 3.05) is 11.9 Å². The first-order chi connectivity index (χ1) is 16.3. The molecule has 0 heterocycles. The van der Waals surface area contributed by atoms with Gasteiger partial charge in [0.15, 0.2) is 0 Å². The Labute approximate surface area is 195 Å². The van der Waals surface area contributed by atoms with E-state index in [2.05, 4.69) is 10.6 Å². The minimum absolute atomic E-state index is 0.00780. The molecule has 2 amide bonds. The van der Waals surface area contributed by atoms with Crippen LogP contribution in [0.15, 0.2) is 66.7 Å². The molecule has 0 spiro atoms. The summed E-state index contributed by atoms with van der Waals surface area (Å²) >= 11 is 0. The minimum Gasteiger partial charge on any atom is -0.481 e. The van der Waals surface area contributed by atoms with Crippen LogP contribution in [0, 0.1) is 12.7 Å². The summed E-state index contributed by atoms with van der Waals surface area (Å²) in [6, 6.07) is 18.4. The summed E-state index contributed by atoms with van der Waals surface area (Å²) in [6.07, 6.45) is -1.63. The maximum Gasteiger partial charge on any atom is 0.407 e. The monoisotopic (exact) mass is 462 g/mol. The molecule has 0 saturated carbocycles. The summed E-state index contributed by atoms with van der Waals surface area (Å²) in [5.74, 6) is -3.02. The average molecular weight is 462 g/mol. The van der Waals surface area contributed by atoms with Gasteiger partial charge in [0.2, 0.25) is 5.91 Å². The van der Waals surface area contributed by atoms with Crippen molar-refractivity contribution in [1.82, 2.24) is 5.32 Å². The lowest BCUT2D eigenvalue weighted by molar-refractivity contribution is -0.139. The van der Waals surface area contributed by atoms with Gasteiger partial charge in [0.05, 0.1) is 12.1 Å². The molecule has 3 aromatic carbocycles. The van der Waals surface area contributed by atoms with Crippen LogP contribution in [0.25, 0.3) is 11.1 Å². The number of carboxylic acid groups (broad SMARTS) is 1. The number of nitrogens with one attached hydrogen (secondary N) is 2. The van der Waals surface area contributed by atoms with E-state index in [0.717, 1.165) is 22.3 Å². The van der Waals surface area contributed by atoms with Gasteiger partial charge in [-0.15, -0.1) is 0 Å². The van der Waals surface area contributed by atoms with Crippen LogP contribution in [0.3, 0.4) is 0 Å². The number of carbonyl (C=O) groups excluding carboxylic acids is 2. The molecular weight excluding hydrogens is 439 g/mol. The largest absolute Gasteiger partial charge is 0.481 e. The van der Waals surface area contributed by atoms with E-state index in [0.29, 0.717) is 5.56 Å². The van der Waals surface area contributed by atoms with Crippen LogP contribution >= 0.6 is 0 Å². The number of alkyl carbamates (subject to hydrolysis) is 1. The molecule has 1 aliphatic carbocycles. The normalized spacial score (nSPS) is 12.9. The van der Waals surface area contributed by atoms with Crippen LogP contribution in [0.2, 0.25) is 0 Å². The lowest BCUT2D eigenvalue weighted by Crippen LogP contribution is -2.45. The van der Waals surface area contributed by atoms with Gasteiger partial charge >= 0.3 is 12.1 Å². The second-order valence-electron chi connectivity index (χ2n) is 8.09. The molecule has 1 unspecified atom stereocenters. The van der Waals surface area contributed by atoms with Crippen molar-refractivity contribution in [2.45, 2.75) is 25.3 Å². The Balaban J connectivity index is 1.43. The van der Waals surface area contributed by atoms with Gasteiger partial charge in [-0.2, -0.15) is 0 Å². The van der Waals surface area contributed by atoms with Gasteiger partial charge in [-0.05, 0) is 46.9 Å². The van der Waals surface area contributed by atoms with E-state index in [9.17, 15) is 23.9 Å². The van der Waals surface area contributed by atoms with Crippen molar-refractivity contribution < 1.29 is 28.6 Å². The number of aliphatic carboxylic acids is 1. The highest BCUT2D eigenvalue weighted by Crippen LogP contribution is 2.44. The Morgan fingerprint density at radius 2 is 1.62 bits per heavy atom. The van der Waals surface area contributed by atoms with Gasteiger partial charge in [-0.1, -0.05) is 54.6 Å². The van der Waals surface area contributed by atoms with Crippen molar-refractivity contribution in [1.29, 1.82) is 0 Å². The number of rotatable bonds is 7. The van der Waals surface area contributed by atoms with Crippen LogP contribution in [0.5, 0.6) is 0 Å². The second-order valence-corrected chi connectivity index (χ2v) is 8.09. The first-order valence-electron chi connectivity index (χ1n) is 10.7. The molecule has 0 fully saturated rings. The molecule has 1 atom stereocenters. The molecule has 34 heavy (non-hydrogen) atoms. The number of hydrogen-bond acceptors (Lipinski definition) is 4. The molecule has 3 aromatic rings. The third-order valence-corrected chi connectivity index (χ3v) is 5.71. The van der Waals surface area contributed by atoms with E-state index in [1.165, 1.54) is 12.1 Å². The fourth-order valence-electron chi connectivity index (χ4n) is 4.11. The molecule has 3 N–H and O–H groups in total. The fourth-order valence-corrected chi connectivity index (χ4v) is 4.11. The van der Waals surface area contributed by atoms with Gasteiger partial charge in [0.25, 0.3) is 0 Å². The number of hydrogen-bond donors (Lipinski definition) is 3. The highest BCUT2D eigenvalue weighted by atomic mass is 19.1. The van der Waals surface area contributed by atoms with Gasteiger partial charge in [0, 0.05) is 5.92 Å². The number of benzene rings is 3. The fraction of sp³-hybridized carbons (Fsp3) is 0.192. The Morgan fingerprint density at radius 3 is 2.21 bits per heavy atom. The van der Waals surface area contributed by atoms with Crippen LogP contribution < -0.4 is 10.6 Å². The molecule has 174 valence electrons. The van der Waals surface area contributed by atoms with E-state index in [4.69, 9.17) is 4.74 Å². The predicted molar refractivity (Wildman–Crippen MR) is 124 cm³/mol. The number of carbonyl (C=O) groups is 3. The number of carboxylic acids is 1. The lowest BCUT2D eigenvalue weighted by atomic mass is 9.98. The minimum atomic E-state index is -1.45. The molecule has 0 bridgehead atoms. The highest BCUT2D eigenvalue weighted by Gasteiger charge is 2.30. The number of amides is 2. The Morgan fingerprint density at radius 1 is 1.00 bits per heavy atom. The van der Waals surface area contributed by atoms with E-state index >= 15 is 0 Å². The van der Waals surface area contributed by atoms with Crippen molar-refractivity contribution >= 4 is 23.7 Å². The van der Waals surface area contributed by atoms with Gasteiger partial charge in [0.1, 0.15) is 18.5 Å². The van der Waals surface area contributed by atoms with Crippen molar-refractivity contribution in [3.63, 3.8) is 0 Å². The zero-order valence-electron chi connectivity index (χ0n) is 18.4.